The predicted molar refractivity (Wildman–Crippen MR) is 82.7 cm³/mol. The highest BCUT2D eigenvalue weighted by atomic mass is 16.1. The van der Waals surface area contributed by atoms with Gasteiger partial charge >= 0.3 is 0 Å². The molecule has 110 valence electrons. The summed E-state index contributed by atoms with van der Waals surface area (Å²) in [7, 11) is 0. The van der Waals surface area contributed by atoms with E-state index in [1.165, 1.54) is 11.1 Å². The lowest BCUT2D eigenvalue weighted by atomic mass is 9.92. The predicted octanol–water partition coefficient (Wildman–Crippen LogP) is 2.43. The van der Waals surface area contributed by atoms with Gasteiger partial charge in [-0.3, -0.25) is 4.79 Å². The van der Waals surface area contributed by atoms with E-state index < -0.39 is 0 Å². The van der Waals surface area contributed by atoms with Gasteiger partial charge in [0, 0.05) is 18.0 Å². The van der Waals surface area contributed by atoms with Gasteiger partial charge in [0.1, 0.15) is 0 Å². The third-order valence-corrected chi connectivity index (χ3v) is 4.17. The molecule has 2 N–H and O–H groups in total. The van der Waals surface area contributed by atoms with Crippen LogP contribution >= 0.6 is 0 Å². The minimum atomic E-state index is 0.172. The summed E-state index contributed by atoms with van der Waals surface area (Å²) in [5.41, 5.74) is 2.61. The molecule has 0 radical (unpaired) electrons. The monoisotopic (exact) mass is 274 g/mol. The van der Waals surface area contributed by atoms with Crippen LogP contribution in [0.3, 0.4) is 0 Å². The van der Waals surface area contributed by atoms with E-state index in [2.05, 4.69) is 55.7 Å². The van der Waals surface area contributed by atoms with Gasteiger partial charge in [-0.1, -0.05) is 24.3 Å². The van der Waals surface area contributed by atoms with Crippen LogP contribution in [0.5, 0.6) is 0 Å². The lowest BCUT2D eigenvalue weighted by Gasteiger charge is -2.28. The molecule has 20 heavy (non-hydrogen) atoms. The topological polar surface area (TPSA) is 41.1 Å². The summed E-state index contributed by atoms with van der Waals surface area (Å²) in [5.74, 6) is 0.394. The summed E-state index contributed by atoms with van der Waals surface area (Å²) in [6.45, 7) is 7.31. The highest BCUT2D eigenvalue weighted by Gasteiger charge is 2.25. The number of nitrogens with one attached hydrogen (secondary N) is 2. The van der Waals surface area contributed by atoms with Gasteiger partial charge in [0.25, 0.3) is 0 Å². The first-order chi connectivity index (χ1) is 9.56. The Kier molecular flexibility index (Phi) is 5.18. The van der Waals surface area contributed by atoms with Crippen LogP contribution in [-0.2, 0) is 11.2 Å². The van der Waals surface area contributed by atoms with Crippen LogP contribution in [0.4, 0.5) is 0 Å². The van der Waals surface area contributed by atoms with Crippen LogP contribution in [0, 0.1) is 12.8 Å². The Morgan fingerprint density at radius 2 is 2.20 bits per heavy atom. The largest absolute Gasteiger partial charge is 0.353 e. The van der Waals surface area contributed by atoms with E-state index in [4.69, 9.17) is 0 Å². The molecule has 0 spiro atoms. The SMILES string of the molecule is Cc1ccccc1CC(C)NC(=O)[C@H]1CCN[C@@H](C)C1. The molecule has 0 bridgehead atoms. The summed E-state index contributed by atoms with van der Waals surface area (Å²) in [4.78, 5) is 12.3. The van der Waals surface area contributed by atoms with E-state index in [-0.39, 0.29) is 17.9 Å². The molecule has 0 saturated carbocycles. The maximum Gasteiger partial charge on any atom is 0.223 e. The fourth-order valence-corrected chi connectivity index (χ4v) is 2.95. The zero-order chi connectivity index (χ0) is 14.5. The summed E-state index contributed by atoms with van der Waals surface area (Å²) < 4.78 is 0. The Balaban J connectivity index is 1.86. The smallest absolute Gasteiger partial charge is 0.223 e. The van der Waals surface area contributed by atoms with E-state index in [1.807, 2.05) is 0 Å². The number of rotatable bonds is 4. The molecular weight excluding hydrogens is 248 g/mol. The van der Waals surface area contributed by atoms with Crippen LogP contribution in [-0.4, -0.2) is 24.5 Å². The van der Waals surface area contributed by atoms with E-state index in [1.54, 1.807) is 0 Å². The average molecular weight is 274 g/mol. The maximum absolute atomic E-state index is 12.3. The summed E-state index contributed by atoms with van der Waals surface area (Å²) in [6, 6.07) is 9.02. The number of benzene rings is 1. The van der Waals surface area contributed by atoms with E-state index in [0.29, 0.717) is 6.04 Å². The number of piperidine rings is 1. The molecular formula is C17H26N2O. The second-order valence-corrected chi connectivity index (χ2v) is 6.12. The molecule has 3 atom stereocenters. The van der Waals surface area contributed by atoms with Crippen molar-refractivity contribution < 1.29 is 4.79 Å². The molecule has 1 amide bonds. The molecule has 0 aliphatic carbocycles. The van der Waals surface area contributed by atoms with Crippen LogP contribution in [0.1, 0.15) is 37.8 Å². The lowest BCUT2D eigenvalue weighted by molar-refractivity contribution is -0.126. The number of hydrogen-bond donors (Lipinski definition) is 2. The second kappa shape index (κ2) is 6.89. The molecule has 1 heterocycles. The molecule has 1 aliphatic rings. The second-order valence-electron chi connectivity index (χ2n) is 6.12. The first-order valence-corrected chi connectivity index (χ1v) is 7.64. The number of amides is 1. The third-order valence-electron chi connectivity index (χ3n) is 4.17. The zero-order valence-corrected chi connectivity index (χ0v) is 12.8. The Labute approximate surface area is 122 Å². The molecule has 1 aliphatic heterocycles. The van der Waals surface area contributed by atoms with Crippen LogP contribution in [0.25, 0.3) is 0 Å². The minimum Gasteiger partial charge on any atom is -0.353 e. The van der Waals surface area contributed by atoms with Gasteiger partial charge in [0.2, 0.25) is 5.91 Å². The van der Waals surface area contributed by atoms with E-state index in [0.717, 1.165) is 25.8 Å². The van der Waals surface area contributed by atoms with Crippen molar-refractivity contribution in [3.8, 4) is 0 Å². The maximum atomic E-state index is 12.3. The molecule has 1 aromatic carbocycles. The van der Waals surface area contributed by atoms with Crippen molar-refractivity contribution in [3.63, 3.8) is 0 Å². The number of carbonyl (C=O) groups is 1. The van der Waals surface area contributed by atoms with Crippen molar-refractivity contribution in [1.82, 2.24) is 10.6 Å². The molecule has 1 aromatic rings. The van der Waals surface area contributed by atoms with Gasteiger partial charge < -0.3 is 10.6 Å². The van der Waals surface area contributed by atoms with Crippen molar-refractivity contribution in [3.05, 3.63) is 35.4 Å². The molecule has 3 heteroatoms. The molecule has 2 rings (SSSR count). The first kappa shape index (κ1) is 15.0. The van der Waals surface area contributed by atoms with Crippen molar-refractivity contribution in [2.24, 2.45) is 5.92 Å². The Hall–Kier alpha value is -1.35. The van der Waals surface area contributed by atoms with Crippen molar-refractivity contribution in [1.29, 1.82) is 0 Å². The Bertz CT molecular complexity index is 458. The minimum absolute atomic E-state index is 0.172. The van der Waals surface area contributed by atoms with Gasteiger partial charge in [-0.05, 0) is 57.7 Å². The third kappa shape index (κ3) is 4.07. The van der Waals surface area contributed by atoms with Gasteiger partial charge in [0.05, 0.1) is 0 Å². The highest BCUT2D eigenvalue weighted by molar-refractivity contribution is 5.79. The number of carbonyl (C=O) groups excluding carboxylic acids is 1. The molecule has 1 fully saturated rings. The Morgan fingerprint density at radius 3 is 2.90 bits per heavy atom. The average Bonchev–Trinajstić information content (AvgIpc) is 2.41. The lowest BCUT2D eigenvalue weighted by Crippen LogP contribution is -2.45. The highest BCUT2D eigenvalue weighted by Crippen LogP contribution is 2.17. The van der Waals surface area contributed by atoms with Gasteiger partial charge in [-0.2, -0.15) is 0 Å². The number of aryl methyl sites for hydroxylation is 1. The van der Waals surface area contributed by atoms with E-state index in [9.17, 15) is 4.79 Å². The molecule has 3 nitrogen and oxygen atoms in total. The van der Waals surface area contributed by atoms with Crippen LogP contribution in [0.2, 0.25) is 0 Å². The fourth-order valence-electron chi connectivity index (χ4n) is 2.95. The van der Waals surface area contributed by atoms with Gasteiger partial charge in [-0.15, -0.1) is 0 Å². The zero-order valence-electron chi connectivity index (χ0n) is 12.8. The molecule has 1 unspecified atom stereocenters. The van der Waals surface area contributed by atoms with Crippen LogP contribution < -0.4 is 10.6 Å². The Morgan fingerprint density at radius 1 is 1.45 bits per heavy atom. The van der Waals surface area contributed by atoms with Crippen molar-refractivity contribution >= 4 is 5.91 Å². The van der Waals surface area contributed by atoms with Crippen LogP contribution in [0.15, 0.2) is 24.3 Å². The summed E-state index contributed by atoms with van der Waals surface area (Å²) >= 11 is 0. The van der Waals surface area contributed by atoms with Crippen molar-refractivity contribution in [2.45, 2.75) is 52.1 Å². The molecule has 1 saturated heterocycles. The standard InChI is InChI=1S/C17H26N2O/c1-12-6-4-5-7-15(12)11-14(3)19-17(20)16-8-9-18-13(2)10-16/h4-7,13-14,16,18H,8-11H2,1-3H3,(H,19,20)/t13-,14?,16-/m0/s1. The normalized spacial score (nSPS) is 24.1. The van der Waals surface area contributed by atoms with Crippen molar-refractivity contribution in [2.75, 3.05) is 6.54 Å². The molecule has 0 aromatic heterocycles. The summed E-state index contributed by atoms with van der Waals surface area (Å²) in [5, 5.41) is 6.57. The first-order valence-electron chi connectivity index (χ1n) is 7.64. The van der Waals surface area contributed by atoms with Gasteiger partial charge in [-0.25, -0.2) is 0 Å². The summed E-state index contributed by atoms with van der Waals surface area (Å²) in [6.07, 6.45) is 2.80. The fraction of sp³-hybridized carbons (Fsp3) is 0.588. The quantitative estimate of drug-likeness (QED) is 0.885. The van der Waals surface area contributed by atoms with Gasteiger partial charge in [0.15, 0.2) is 0 Å². The number of hydrogen-bond acceptors (Lipinski definition) is 2. The van der Waals surface area contributed by atoms with E-state index >= 15 is 0 Å².